The lowest BCUT2D eigenvalue weighted by Gasteiger charge is -2.13. The number of rotatable bonds is 3. The summed E-state index contributed by atoms with van der Waals surface area (Å²) in [5.74, 6) is 2.51. The molecule has 3 rings (SSSR count). The van der Waals surface area contributed by atoms with Gasteiger partial charge in [-0.1, -0.05) is 0 Å². The number of anilines is 1. The van der Waals surface area contributed by atoms with Crippen LogP contribution in [0.25, 0.3) is 11.3 Å². The fourth-order valence-corrected chi connectivity index (χ4v) is 2.56. The van der Waals surface area contributed by atoms with Gasteiger partial charge in [-0.3, -0.25) is 4.68 Å². The van der Waals surface area contributed by atoms with Crippen LogP contribution >= 0.6 is 0 Å². The Morgan fingerprint density at radius 3 is 2.53 bits per heavy atom. The van der Waals surface area contributed by atoms with E-state index < -0.39 is 0 Å². The topological polar surface area (TPSA) is 61.7 Å². The summed E-state index contributed by atoms with van der Waals surface area (Å²) in [5, 5.41) is 4.29. The third-order valence-corrected chi connectivity index (χ3v) is 3.92. The van der Waals surface area contributed by atoms with E-state index in [-0.39, 0.29) is 0 Å². The van der Waals surface area contributed by atoms with Crippen molar-refractivity contribution >= 4 is 5.82 Å². The number of imidazole rings is 1. The Hall–Kier alpha value is -1.78. The molecule has 2 N–H and O–H groups in total. The summed E-state index contributed by atoms with van der Waals surface area (Å²) in [6.45, 7) is 6.36. The fraction of sp³-hybridized carbons (Fsp3) is 0.571. The molecule has 0 atom stereocenters. The van der Waals surface area contributed by atoms with Gasteiger partial charge in [-0.25, -0.2) is 4.98 Å². The molecule has 1 aliphatic carbocycles. The highest BCUT2D eigenvalue weighted by Gasteiger charge is 2.32. The molecule has 5 nitrogen and oxygen atoms in total. The van der Waals surface area contributed by atoms with E-state index in [9.17, 15) is 0 Å². The van der Waals surface area contributed by atoms with Crippen molar-refractivity contribution in [2.75, 3.05) is 5.73 Å². The Balaban J connectivity index is 2.17. The van der Waals surface area contributed by atoms with Crippen LogP contribution in [-0.4, -0.2) is 19.3 Å². The molecule has 0 unspecified atom stereocenters. The van der Waals surface area contributed by atoms with Crippen molar-refractivity contribution in [2.45, 2.75) is 45.6 Å². The van der Waals surface area contributed by atoms with E-state index in [1.165, 1.54) is 12.8 Å². The first-order chi connectivity index (χ1) is 9.00. The van der Waals surface area contributed by atoms with Crippen LogP contribution in [0.2, 0.25) is 0 Å². The van der Waals surface area contributed by atoms with Gasteiger partial charge in [0.05, 0.1) is 6.20 Å². The average Bonchev–Trinajstić information content (AvgIpc) is 3.07. The molecule has 102 valence electrons. The maximum absolute atomic E-state index is 6.34. The van der Waals surface area contributed by atoms with E-state index in [0.717, 1.165) is 28.6 Å². The van der Waals surface area contributed by atoms with Crippen LogP contribution in [-0.2, 0) is 7.05 Å². The largest absolute Gasteiger partial charge is 0.383 e. The monoisotopic (exact) mass is 259 g/mol. The third kappa shape index (κ3) is 1.84. The molecule has 0 saturated heterocycles. The predicted octanol–water partition coefficient (Wildman–Crippen LogP) is 2.63. The molecule has 0 spiro atoms. The summed E-state index contributed by atoms with van der Waals surface area (Å²) in [6.07, 6.45) is 4.32. The van der Waals surface area contributed by atoms with Gasteiger partial charge in [-0.05, 0) is 33.6 Å². The molecule has 2 aromatic rings. The minimum absolute atomic E-state index is 0.342. The van der Waals surface area contributed by atoms with E-state index in [4.69, 9.17) is 10.7 Å². The zero-order chi connectivity index (χ0) is 13.7. The first-order valence-electron chi connectivity index (χ1n) is 6.87. The van der Waals surface area contributed by atoms with Crippen LogP contribution in [0.5, 0.6) is 0 Å². The average molecular weight is 259 g/mol. The Kier molecular flexibility index (Phi) is 2.66. The van der Waals surface area contributed by atoms with E-state index in [1.54, 1.807) is 0 Å². The van der Waals surface area contributed by atoms with Crippen molar-refractivity contribution in [1.29, 1.82) is 0 Å². The molecule has 0 radical (unpaired) electrons. The second kappa shape index (κ2) is 4.11. The van der Waals surface area contributed by atoms with Crippen LogP contribution in [0.4, 0.5) is 5.82 Å². The zero-order valence-electron chi connectivity index (χ0n) is 12.0. The third-order valence-electron chi connectivity index (χ3n) is 3.92. The van der Waals surface area contributed by atoms with Crippen molar-refractivity contribution in [1.82, 2.24) is 19.3 Å². The maximum Gasteiger partial charge on any atom is 0.132 e. The molecular formula is C14H21N5. The number of hydrogen-bond donors (Lipinski definition) is 1. The summed E-state index contributed by atoms with van der Waals surface area (Å²) < 4.78 is 4.04. The smallest absolute Gasteiger partial charge is 0.132 e. The van der Waals surface area contributed by atoms with Crippen LogP contribution < -0.4 is 5.73 Å². The minimum Gasteiger partial charge on any atom is -0.383 e. The minimum atomic E-state index is 0.342. The molecule has 0 aliphatic heterocycles. The summed E-state index contributed by atoms with van der Waals surface area (Å²) in [4.78, 5) is 4.82. The first kappa shape index (κ1) is 12.3. The van der Waals surface area contributed by atoms with Gasteiger partial charge in [0.25, 0.3) is 0 Å². The molecule has 2 heterocycles. The van der Waals surface area contributed by atoms with Crippen molar-refractivity contribution in [2.24, 2.45) is 7.05 Å². The summed E-state index contributed by atoms with van der Waals surface area (Å²) in [6, 6.07) is 0.342. The van der Waals surface area contributed by atoms with Crippen LogP contribution in [0.3, 0.4) is 0 Å². The SMILES string of the molecule is Cc1c(-c2nc(C3CC3)n(C(C)C)c2N)cnn1C. The zero-order valence-corrected chi connectivity index (χ0v) is 12.0. The highest BCUT2D eigenvalue weighted by molar-refractivity contribution is 5.72. The number of aryl methyl sites for hydroxylation is 1. The van der Waals surface area contributed by atoms with E-state index in [1.807, 2.05) is 24.9 Å². The molecule has 0 aromatic carbocycles. The molecule has 2 aromatic heterocycles. The van der Waals surface area contributed by atoms with Gasteiger partial charge in [0.15, 0.2) is 0 Å². The quantitative estimate of drug-likeness (QED) is 0.921. The number of hydrogen-bond acceptors (Lipinski definition) is 3. The predicted molar refractivity (Wildman–Crippen MR) is 75.9 cm³/mol. The van der Waals surface area contributed by atoms with Gasteiger partial charge in [-0.15, -0.1) is 0 Å². The summed E-state index contributed by atoms with van der Waals surface area (Å²) in [7, 11) is 1.94. The molecular weight excluding hydrogens is 238 g/mol. The molecule has 5 heteroatoms. The highest BCUT2D eigenvalue weighted by Crippen LogP contribution is 2.43. The highest BCUT2D eigenvalue weighted by atomic mass is 15.3. The number of aromatic nitrogens is 4. The normalized spacial score (nSPS) is 15.4. The van der Waals surface area contributed by atoms with Crippen molar-refractivity contribution in [3.05, 3.63) is 17.7 Å². The molecule has 1 fully saturated rings. The molecule has 0 amide bonds. The number of nitrogens with zero attached hydrogens (tertiary/aromatic N) is 4. The van der Waals surface area contributed by atoms with E-state index >= 15 is 0 Å². The molecule has 19 heavy (non-hydrogen) atoms. The van der Waals surface area contributed by atoms with Crippen molar-refractivity contribution < 1.29 is 0 Å². The Morgan fingerprint density at radius 2 is 2.05 bits per heavy atom. The summed E-state index contributed by atoms with van der Waals surface area (Å²) in [5.41, 5.74) is 9.38. The molecule has 1 saturated carbocycles. The second-order valence-electron chi connectivity index (χ2n) is 5.71. The lowest BCUT2D eigenvalue weighted by Crippen LogP contribution is -2.08. The van der Waals surface area contributed by atoms with Gasteiger partial charge < -0.3 is 10.3 Å². The first-order valence-corrected chi connectivity index (χ1v) is 6.87. The second-order valence-corrected chi connectivity index (χ2v) is 5.71. The van der Waals surface area contributed by atoms with Gasteiger partial charge in [0.1, 0.15) is 17.3 Å². The van der Waals surface area contributed by atoms with Crippen LogP contribution in [0, 0.1) is 6.92 Å². The number of nitrogens with two attached hydrogens (primary N) is 1. The van der Waals surface area contributed by atoms with Crippen molar-refractivity contribution in [3.8, 4) is 11.3 Å². The van der Waals surface area contributed by atoms with Gasteiger partial charge in [-0.2, -0.15) is 5.10 Å². The van der Waals surface area contributed by atoms with Gasteiger partial charge >= 0.3 is 0 Å². The Morgan fingerprint density at radius 1 is 1.37 bits per heavy atom. The van der Waals surface area contributed by atoms with Gasteiger partial charge in [0.2, 0.25) is 0 Å². The van der Waals surface area contributed by atoms with Crippen LogP contribution in [0.1, 0.15) is 50.2 Å². The van der Waals surface area contributed by atoms with Crippen LogP contribution in [0.15, 0.2) is 6.20 Å². The lowest BCUT2D eigenvalue weighted by molar-refractivity contribution is 0.576. The Labute approximate surface area is 113 Å². The molecule has 0 bridgehead atoms. The van der Waals surface area contributed by atoms with E-state index in [0.29, 0.717) is 12.0 Å². The summed E-state index contributed by atoms with van der Waals surface area (Å²) >= 11 is 0. The maximum atomic E-state index is 6.34. The lowest BCUT2D eigenvalue weighted by atomic mass is 10.2. The molecule has 1 aliphatic rings. The fourth-order valence-electron chi connectivity index (χ4n) is 2.56. The Bertz CT molecular complexity index is 616. The van der Waals surface area contributed by atoms with E-state index in [2.05, 4.69) is 23.5 Å². The van der Waals surface area contributed by atoms with Crippen molar-refractivity contribution in [3.63, 3.8) is 0 Å². The van der Waals surface area contributed by atoms with Gasteiger partial charge in [0, 0.05) is 30.3 Å². The standard InChI is InChI=1S/C14H21N5/c1-8(2)19-13(15)12(17-14(19)10-5-6-10)11-7-16-18(4)9(11)3/h7-8,10H,5-6,15H2,1-4H3. The number of nitrogen functional groups attached to an aromatic ring is 1.